The fourth-order valence-electron chi connectivity index (χ4n) is 2.79. The normalized spacial score (nSPS) is 18.6. The monoisotopic (exact) mass is 314 g/mol. The van der Waals surface area contributed by atoms with Gasteiger partial charge in [0.1, 0.15) is 11.6 Å². The van der Waals surface area contributed by atoms with Crippen molar-refractivity contribution in [2.45, 2.75) is 71.1 Å². The average molecular weight is 314 g/mol. The molecule has 2 N–H and O–H groups in total. The average Bonchev–Trinajstić information content (AvgIpc) is 2.94. The number of methoxy groups -OCH3 is 1. The van der Waals surface area contributed by atoms with Crippen LogP contribution in [0.25, 0.3) is 0 Å². The summed E-state index contributed by atoms with van der Waals surface area (Å²) >= 11 is 0. The van der Waals surface area contributed by atoms with Crippen molar-refractivity contribution in [3.05, 3.63) is 0 Å². The zero-order valence-corrected chi connectivity index (χ0v) is 14.4. The first-order chi connectivity index (χ1) is 10.2. The van der Waals surface area contributed by atoms with Crippen molar-refractivity contribution in [2.75, 3.05) is 13.7 Å². The maximum atomic E-state index is 11.8. The Hall–Kier alpha value is -1.30. The molecule has 128 valence electrons. The summed E-state index contributed by atoms with van der Waals surface area (Å²) in [7, 11) is 1.38. The van der Waals surface area contributed by atoms with Crippen LogP contribution in [0.1, 0.15) is 53.4 Å². The van der Waals surface area contributed by atoms with Gasteiger partial charge in [-0.25, -0.2) is 4.79 Å². The van der Waals surface area contributed by atoms with E-state index in [-0.39, 0.29) is 12.0 Å². The Balaban J connectivity index is 2.55. The summed E-state index contributed by atoms with van der Waals surface area (Å²) in [6.07, 6.45) is 4.19. The van der Waals surface area contributed by atoms with Crippen LogP contribution in [0.15, 0.2) is 0 Å². The standard InChI is InChI=1S/C16H30N2O4/c1-11(14(19)21-5)18-13(12-8-6-7-9-12)10-17-15(20)22-16(2,3)4/h11-13,18H,6-10H2,1-5H3,(H,17,20). The van der Waals surface area contributed by atoms with Gasteiger partial charge in [0.15, 0.2) is 0 Å². The summed E-state index contributed by atoms with van der Waals surface area (Å²) in [5.74, 6) is 0.169. The first-order valence-corrected chi connectivity index (χ1v) is 8.03. The molecular formula is C16H30N2O4. The topological polar surface area (TPSA) is 76.7 Å². The second kappa shape index (κ2) is 8.36. The van der Waals surface area contributed by atoms with Gasteiger partial charge in [0, 0.05) is 12.6 Å². The first kappa shape index (κ1) is 18.7. The molecule has 0 aromatic carbocycles. The summed E-state index contributed by atoms with van der Waals surface area (Å²) in [5, 5.41) is 6.09. The Morgan fingerprint density at radius 1 is 1.23 bits per heavy atom. The molecule has 0 heterocycles. The van der Waals surface area contributed by atoms with E-state index in [4.69, 9.17) is 9.47 Å². The van der Waals surface area contributed by atoms with Crippen LogP contribution in [-0.4, -0.2) is 43.4 Å². The maximum Gasteiger partial charge on any atom is 0.407 e. The van der Waals surface area contributed by atoms with E-state index >= 15 is 0 Å². The third-order valence-electron chi connectivity index (χ3n) is 3.85. The molecule has 0 aromatic heterocycles. The fraction of sp³-hybridized carbons (Fsp3) is 0.875. The van der Waals surface area contributed by atoms with Crippen molar-refractivity contribution in [1.29, 1.82) is 0 Å². The molecule has 1 amide bonds. The van der Waals surface area contributed by atoms with E-state index in [1.807, 2.05) is 20.8 Å². The molecule has 1 rings (SSSR count). The number of hydrogen-bond acceptors (Lipinski definition) is 5. The summed E-state index contributed by atoms with van der Waals surface area (Å²) in [4.78, 5) is 23.4. The first-order valence-electron chi connectivity index (χ1n) is 8.03. The van der Waals surface area contributed by atoms with Crippen LogP contribution in [0.3, 0.4) is 0 Å². The fourth-order valence-corrected chi connectivity index (χ4v) is 2.79. The lowest BCUT2D eigenvalue weighted by atomic mass is 9.97. The van der Waals surface area contributed by atoms with E-state index in [0.29, 0.717) is 12.5 Å². The van der Waals surface area contributed by atoms with Crippen LogP contribution in [-0.2, 0) is 14.3 Å². The van der Waals surface area contributed by atoms with Gasteiger partial charge >= 0.3 is 12.1 Å². The molecule has 1 fully saturated rings. The van der Waals surface area contributed by atoms with Crippen molar-refractivity contribution in [3.8, 4) is 0 Å². The minimum Gasteiger partial charge on any atom is -0.468 e. The van der Waals surface area contributed by atoms with Crippen LogP contribution in [0, 0.1) is 5.92 Å². The predicted octanol–water partition coefficient (Wildman–Crippen LogP) is 2.22. The second-order valence-electron chi connectivity index (χ2n) is 6.95. The number of carbonyl (C=O) groups is 2. The minimum atomic E-state index is -0.514. The smallest absolute Gasteiger partial charge is 0.407 e. The summed E-state index contributed by atoms with van der Waals surface area (Å²) in [5.41, 5.74) is -0.514. The third-order valence-corrected chi connectivity index (χ3v) is 3.85. The molecule has 0 aromatic rings. The minimum absolute atomic E-state index is 0.0455. The van der Waals surface area contributed by atoms with Crippen LogP contribution >= 0.6 is 0 Å². The molecular weight excluding hydrogens is 284 g/mol. The van der Waals surface area contributed by atoms with E-state index in [2.05, 4.69) is 10.6 Å². The highest BCUT2D eigenvalue weighted by Crippen LogP contribution is 2.27. The Morgan fingerprint density at radius 2 is 1.82 bits per heavy atom. The lowest BCUT2D eigenvalue weighted by Crippen LogP contribution is -2.51. The SMILES string of the molecule is COC(=O)C(C)NC(CNC(=O)OC(C)(C)C)C1CCCC1. The number of hydrogen-bond donors (Lipinski definition) is 2. The maximum absolute atomic E-state index is 11.8. The summed E-state index contributed by atoms with van der Waals surface area (Å²) < 4.78 is 10.0. The molecule has 0 aliphatic heterocycles. The molecule has 22 heavy (non-hydrogen) atoms. The summed E-state index contributed by atoms with van der Waals surface area (Å²) in [6, 6.07) is -0.347. The number of rotatable bonds is 6. The van der Waals surface area contributed by atoms with Gasteiger partial charge in [0.05, 0.1) is 7.11 Å². The highest BCUT2D eigenvalue weighted by atomic mass is 16.6. The van der Waals surface area contributed by atoms with Crippen LogP contribution in [0.4, 0.5) is 4.79 Å². The van der Waals surface area contributed by atoms with E-state index in [1.54, 1.807) is 6.92 Å². The van der Waals surface area contributed by atoms with Gasteiger partial charge < -0.3 is 14.8 Å². The molecule has 2 unspecified atom stereocenters. The third kappa shape index (κ3) is 6.64. The molecule has 6 nitrogen and oxygen atoms in total. The number of nitrogens with one attached hydrogen (secondary N) is 2. The zero-order chi connectivity index (χ0) is 16.8. The van der Waals surface area contributed by atoms with Crippen molar-refractivity contribution in [3.63, 3.8) is 0 Å². The predicted molar refractivity (Wildman–Crippen MR) is 84.6 cm³/mol. The quantitative estimate of drug-likeness (QED) is 0.735. The van der Waals surface area contributed by atoms with Crippen LogP contribution < -0.4 is 10.6 Å². The second-order valence-corrected chi connectivity index (χ2v) is 6.95. The Labute approximate surface area is 133 Å². The largest absolute Gasteiger partial charge is 0.468 e. The van der Waals surface area contributed by atoms with Crippen molar-refractivity contribution in [2.24, 2.45) is 5.92 Å². The molecule has 2 atom stereocenters. The van der Waals surface area contributed by atoms with Gasteiger partial charge in [0.2, 0.25) is 0 Å². The van der Waals surface area contributed by atoms with Crippen molar-refractivity contribution in [1.82, 2.24) is 10.6 Å². The number of ether oxygens (including phenoxy) is 2. The van der Waals surface area contributed by atoms with E-state index in [0.717, 1.165) is 12.8 Å². The zero-order valence-electron chi connectivity index (χ0n) is 14.4. The molecule has 1 aliphatic rings. The van der Waals surface area contributed by atoms with Crippen LogP contribution in [0.2, 0.25) is 0 Å². The van der Waals surface area contributed by atoms with Gasteiger partial charge in [-0.15, -0.1) is 0 Å². The molecule has 6 heteroatoms. The Morgan fingerprint density at radius 3 is 2.32 bits per heavy atom. The highest BCUT2D eigenvalue weighted by molar-refractivity contribution is 5.75. The number of esters is 1. The van der Waals surface area contributed by atoms with Crippen molar-refractivity contribution >= 4 is 12.1 Å². The van der Waals surface area contributed by atoms with E-state index < -0.39 is 17.7 Å². The summed E-state index contributed by atoms with van der Waals surface area (Å²) in [6.45, 7) is 7.72. The van der Waals surface area contributed by atoms with Gasteiger partial charge in [-0.1, -0.05) is 12.8 Å². The Bertz CT molecular complexity index is 373. The van der Waals surface area contributed by atoms with Gasteiger partial charge in [-0.3, -0.25) is 10.1 Å². The van der Waals surface area contributed by atoms with Crippen LogP contribution in [0.5, 0.6) is 0 Å². The molecule has 0 saturated heterocycles. The van der Waals surface area contributed by atoms with Crippen molar-refractivity contribution < 1.29 is 19.1 Å². The van der Waals surface area contributed by atoms with E-state index in [1.165, 1.54) is 20.0 Å². The highest BCUT2D eigenvalue weighted by Gasteiger charge is 2.29. The number of carbonyl (C=O) groups excluding carboxylic acids is 2. The molecule has 1 saturated carbocycles. The van der Waals surface area contributed by atoms with Gasteiger partial charge in [-0.05, 0) is 46.5 Å². The Kier molecular flexibility index (Phi) is 7.13. The number of amides is 1. The lowest BCUT2D eigenvalue weighted by Gasteiger charge is -2.28. The molecule has 0 spiro atoms. The van der Waals surface area contributed by atoms with E-state index in [9.17, 15) is 9.59 Å². The molecule has 0 bridgehead atoms. The molecule has 1 aliphatic carbocycles. The van der Waals surface area contributed by atoms with Gasteiger partial charge in [-0.2, -0.15) is 0 Å². The number of alkyl carbamates (subject to hydrolysis) is 1. The lowest BCUT2D eigenvalue weighted by molar-refractivity contribution is -0.142. The van der Waals surface area contributed by atoms with Gasteiger partial charge in [0.25, 0.3) is 0 Å². The molecule has 0 radical (unpaired) electrons.